The molecule has 1 fully saturated rings. The van der Waals surface area contributed by atoms with Crippen molar-refractivity contribution in [3.05, 3.63) is 29.7 Å². The van der Waals surface area contributed by atoms with E-state index in [2.05, 4.69) is 29.1 Å². The molecular weight excluding hydrogens is 306 g/mol. The molecule has 1 atom stereocenters. The molecule has 0 spiro atoms. The van der Waals surface area contributed by atoms with Gasteiger partial charge in [-0.3, -0.25) is 9.48 Å². The van der Waals surface area contributed by atoms with Gasteiger partial charge in [-0.15, -0.1) is 0 Å². The summed E-state index contributed by atoms with van der Waals surface area (Å²) >= 11 is 0. The minimum Gasteiger partial charge on any atom is -0.339 e. The van der Waals surface area contributed by atoms with Crippen LogP contribution in [-0.4, -0.2) is 37.3 Å². The molecule has 7 nitrogen and oxygen atoms in total. The first-order valence-electron chi connectivity index (χ1n) is 8.62. The van der Waals surface area contributed by atoms with Gasteiger partial charge in [-0.05, 0) is 32.8 Å². The molecule has 24 heavy (non-hydrogen) atoms. The Morgan fingerprint density at radius 1 is 1.38 bits per heavy atom. The van der Waals surface area contributed by atoms with E-state index in [-0.39, 0.29) is 17.9 Å². The van der Waals surface area contributed by atoms with E-state index < -0.39 is 0 Å². The van der Waals surface area contributed by atoms with Gasteiger partial charge in [0, 0.05) is 24.7 Å². The van der Waals surface area contributed by atoms with Gasteiger partial charge in [0.15, 0.2) is 5.82 Å². The van der Waals surface area contributed by atoms with Crippen molar-refractivity contribution in [1.82, 2.24) is 24.8 Å². The monoisotopic (exact) mass is 331 g/mol. The Balaban J connectivity index is 1.70. The van der Waals surface area contributed by atoms with Crippen molar-refractivity contribution in [2.24, 2.45) is 0 Å². The Bertz CT molecular complexity index is 703. The first-order valence-corrected chi connectivity index (χ1v) is 8.62. The van der Waals surface area contributed by atoms with Crippen molar-refractivity contribution >= 4 is 5.91 Å². The van der Waals surface area contributed by atoms with Crippen LogP contribution < -0.4 is 0 Å². The van der Waals surface area contributed by atoms with E-state index >= 15 is 0 Å². The highest BCUT2D eigenvalue weighted by molar-refractivity contribution is 5.79. The van der Waals surface area contributed by atoms with Crippen LogP contribution in [-0.2, 0) is 11.2 Å². The van der Waals surface area contributed by atoms with Gasteiger partial charge >= 0.3 is 0 Å². The molecule has 0 aliphatic carbocycles. The summed E-state index contributed by atoms with van der Waals surface area (Å²) in [6.07, 6.45) is 4.07. The quantitative estimate of drug-likeness (QED) is 0.842. The molecular formula is C17H25N5O2. The minimum atomic E-state index is -0.0825. The Hall–Kier alpha value is -2.18. The van der Waals surface area contributed by atoms with Gasteiger partial charge in [0.1, 0.15) is 0 Å². The van der Waals surface area contributed by atoms with Gasteiger partial charge in [0.05, 0.1) is 18.2 Å². The summed E-state index contributed by atoms with van der Waals surface area (Å²) in [5.74, 6) is 1.51. The highest BCUT2D eigenvalue weighted by Crippen LogP contribution is 2.31. The third-order valence-electron chi connectivity index (χ3n) is 4.35. The van der Waals surface area contributed by atoms with E-state index in [1.54, 1.807) is 0 Å². The molecule has 3 heterocycles. The van der Waals surface area contributed by atoms with Crippen LogP contribution in [0.4, 0.5) is 0 Å². The average molecular weight is 331 g/mol. The highest BCUT2D eigenvalue weighted by Gasteiger charge is 2.33. The van der Waals surface area contributed by atoms with Crippen molar-refractivity contribution in [1.29, 1.82) is 0 Å². The van der Waals surface area contributed by atoms with E-state index in [0.29, 0.717) is 24.2 Å². The van der Waals surface area contributed by atoms with Gasteiger partial charge in [-0.2, -0.15) is 10.1 Å². The molecule has 0 unspecified atom stereocenters. The van der Waals surface area contributed by atoms with Crippen LogP contribution >= 0.6 is 0 Å². The fourth-order valence-electron chi connectivity index (χ4n) is 2.97. The second-order valence-corrected chi connectivity index (χ2v) is 6.95. The number of aromatic nitrogens is 4. The van der Waals surface area contributed by atoms with Crippen molar-refractivity contribution < 1.29 is 9.32 Å². The first-order chi connectivity index (χ1) is 11.5. The molecule has 130 valence electrons. The zero-order valence-electron chi connectivity index (χ0n) is 14.8. The summed E-state index contributed by atoms with van der Waals surface area (Å²) in [6.45, 7) is 8.90. The Morgan fingerprint density at radius 2 is 2.17 bits per heavy atom. The summed E-state index contributed by atoms with van der Waals surface area (Å²) in [6, 6.07) is 2.12. The summed E-state index contributed by atoms with van der Waals surface area (Å²) < 4.78 is 7.17. The number of hydrogen-bond acceptors (Lipinski definition) is 5. The second kappa shape index (κ2) is 6.75. The maximum absolute atomic E-state index is 12.7. The fraction of sp³-hybridized carbons (Fsp3) is 0.647. The molecule has 1 aliphatic heterocycles. The van der Waals surface area contributed by atoms with Crippen LogP contribution in [0, 0.1) is 0 Å². The number of hydrogen-bond donors (Lipinski definition) is 0. The number of carbonyl (C=O) groups is 1. The molecule has 0 radical (unpaired) electrons. The minimum absolute atomic E-state index is 0.0717. The van der Waals surface area contributed by atoms with Gasteiger partial charge in [0.25, 0.3) is 0 Å². The van der Waals surface area contributed by atoms with Crippen LogP contribution in [0.5, 0.6) is 0 Å². The van der Waals surface area contributed by atoms with Crippen LogP contribution in [0.15, 0.2) is 16.8 Å². The second-order valence-electron chi connectivity index (χ2n) is 6.95. The van der Waals surface area contributed by atoms with Crippen LogP contribution in [0.3, 0.4) is 0 Å². The lowest BCUT2D eigenvalue weighted by atomic mass is 10.2. The number of rotatable bonds is 5. The van der Waals surface area contributed by atoms with E-state index in [4.69, 9.17) is 4.52 Å². The fourth-order valence-corrected chi connectivity index (χ4v) is 2.97. The van der Waals surface area contributed by atoms with Gasteiger partial charge < -0.3 is 9.42 Å². The van der Waals surface area contributed by atoms with E-state index in [0.717, 1.165) is 25.1 Å². The Kier molecular flexibility index (Phi) is 4.69. The van der Waals surface area contributed by atoms with E-state index in [9.17, 15) is 4.79 Å². The predicted octanol–water partition coefficient (Wildman–Crippen LogP) is 2.88. The van der Waals surface area contributed by atoms with Crippen LogP contribution in [0.2, 0.25) is 0 Å². The maximum atomic E-state index is 12.7. The molecule has 2 aromatic heterocycles. The number of amides is 1. The summed E-state index contributed by atoms with van der Waals surface area (Å²) in [5.41, 5.74) is 0.801. The van der Waals surface area contributed by atoms with Gasteiger partial charge in [0.2, 0.25) is 11.8 Å². The van der Waals surface area contributed by atoms with Gasteiger partial charge in [-0.25, -0.2) is 0 Å². The molecule has 0 saturated carbocycles. The standard InChI is InChI=1S/C17H25N5O2/c1-11(2)17-18-16(20-24-17)14-6-5-8-21(14)15(23)10-13-7-9-22(19-13)12(3)4/h7,9,11-12,14H,5-6,8,10H2,1-4H3/t14-/m1/s1. The maximum Gasteiger partial charge on any atom is 0.229 e. The predicted molar refractivity (Wildman–Crippen MR) is 88.4 cm³/mol. The number of likely N-dealkylation sites (tertiary alicyclic amines) is 1. The molecule has 7 heteroatoms. The third-order valence-corrected chi connectivity index (χ3v) is 4.35. The van der Waals surface area contributed by atoms with E-state index in [1.165, 1.54) is 0 Å². The van der Waals surface area contributed by atoms with Crippen molar-refractivity contribution in [2.75, 3.05) is 6.54 Å². The molecule has 3 rings (SSSR count). The third kappa shape index (κ3) is 3.34. The summed E-state index contributed by atoms with van der Waals surface area (Å²) in [4.78, 5) is 19.0. The SMILES string of the molecule is CC(C)c1nc([C@H]2CCCN2C(=O)Cc2ccn(C(C)C)n2)no1. The lowest BCUT2D eigenvalue weighted by Gasteiger charge is -2.21. The smallest absolute Gasteiger partial charge is 0.229 e. The Labute approximate surface area is 142 Å². The topological polar surface area (TPSA) is 77.1 Å². The summed E-state index contributed by atoms with van der Waals surface area (Å²) in [5, 5.41) is 8.55. The Morgan fingerprint density at radius 3 is 2.79 bits per heavy atom. The lowest BCUT2D eigenvalue weighted by Crippen LogP contribution is -2.32. The molecule has 1 aliphatic rings. The van der Waals surface area contributed by atoms with Crippen molar-refractivity contribution in [3.63, 3.8) is 0 Å². The first kappa shape index (κ1) is 16.7. The summed E-state index contributed by atoms with van der Waals surface area (Å²) in [7, 11) is 0. The average Bonchev–Trinajstić information content (AvgIpc) is 3.26. The molecule has 1 saturated heterocycles. The van der Waals surface area contributed by atoms with Crippen molar-refractivity contribution in [3.8, 4) is 0 Å². The van der Waals surface area contributed by atoms with Crippen LogP contribution in [0.1, 0.15) is 75.9 Å². The molecule has 1 amide bonds. The normalized spacial score (nSPS) is 18.1. The number of nitrogens with zero attached hydrogens (tertiary/aromatic N) is 5. The molecule has 0 aromatic carbocycles. The zero-order valence-corrected chi connectivity index (χ0v) is 14.8. The zero-order chi connectivity index (χ0) is 17.3. The van der Waals surface area contributed by atoms with Gasteiger partial charge in [-0.1, -0.05) is 19.0 Å². The number of carbonyl (C=O) groups excluding carboxylic acids is 1. The van der Waals surface area contributed by atoms with Crippen LogP contribution in [0.25, 0.3) is 0 Å². The lowest BCUT2D eigenvalue weighted by molar-refractivity contribution is -0.131. The molecule has 0 bridgehead atoms. The van der Waals surface area contributed by atoms with E-state index in [1.807, 2.05) is 35.7 Å². The molecule has 0 N–H and O–H groups in total. The molecule has 2 aromatic rings. The highest BCUT2D eigenvalue weighted by atomic mass is 16.5. The largest absolute Gasteiger partial charge is 0.339 e. The van der Waals surface area contributed by atoms with Crippen molar-refractivity contribution in [2.45, 2.75) is 65.0 Å².